The lowest BCUT2D eigenvalue weighted by atomic mass is 10.0. The van der Waals surface area contributed by atoms with Crippen LogP contribution in [0.5, 0.6) is 0 Å². The molecule has 0 amide bonds. The molecule has 4 N–H and O–H groups in total. The Kier molecular flexibility index (Phi) is 26.4. The Morgan fingerprint density at radius 2 is 0.823 bits per heavy atom. The molecule has 516 valence electrons. The molecule has 0 saturated carbocycles. The summed E-state index contributed by atoms with van der Waals surface area (Å²) in [6.45, 7) is 14.0. The minimum absolute atomic E-state index is 0.0680. The van der Waals surface area contributed by atoms with Crippen LogP contribution < -0.4 is 9.80 Å². The lowest BCUT2D eigenvalue weighted by Gasteiger charge is -2.36. The predicted molar refractivity (Wildman–Crippen MR) is 356 cm³/mol. The van der Waals surface area contributed by atoms with Gasteiger partial charge in [0.25, 0.3) is 0 Å². The Morgan fingerprint density at radius 1 is 0.500 bits per heavy atom. The number of nitrogens with zero attached hydrogens (tertiary/aromatic N) is 12. The molecule has 8 heterocycles. The normalized spacial score (nSPS) is 14.0. The minimum atomic E-state index is -3.54. The maximum Gasteiger partial charge on any atom is 0.303 e. The third-order valence-electron chi connectivity index (χ3n) is 16.5. The summed E-state index contributed by atoms with van der Waals surface area (Å²) in [6, 6.07) is 12.6. The summed E-state index contributed by atoms with van der Waals surface area (Å²) in [5.41, 5.74) is 3.79. The fourth-order valence-electron chi connectivity index (χ4n) is 11.4. The van der Waals surface area contributed by atoms with Gasteiger partial charge in [-0.15, -0.1) is 0 Å². The molecule has 0 spiro atoms. The standard InChI is InChI=1S/2C29H34F2N6O2S.2C4H6O4/c2*1-4-14-40(38,39)18-20-6-7-24(30)29(27(20)31)37-17-23(21-15-32-19-33-16-21)28-25(37)8-9-26(34-28)35(3)22-10-12-36(5-2)13-11-22;2*5-3(6)1-2-4(7)8/h2*6-9,15-17,19,22H,4-5,10-14,18H2,1-3H3;2*1-2H2,(H,5,6)(H,7,8). The molecule has 0 radical (unpaired) electrons. The van der Waals surface area contributed by atoms with Crippen LogP contribution in [-0.2, 0) is 50.4 Å². The first kappa shape index (κ1) is 74.4. The Morgan fingerprint density at radius 3 is 1.11 bits per heavy atom. The van der Waals surface area contributed by atoms with Crippen LogP contribution in [0.4, 0.5) is 29.2 Å². The number of aliphatic carboxylic acids is 4. The third-order valence-corrected chi connectivity index (χ3v) is 20.1. The molecule has 0 atom stereocenters. The van der Waals surface area contributed by atoms with E-state index in [1.165, 1.54) is 33.9 Å². The largest absolute Gasteiger partial charge is 0.481 e. The van der Waals surface area contributed by atoms with E-state index in [1.54, 1.807) is 51.0 Å². The molecule has 96 heavy (non-hydrogen) atoms. The number of pyridine rings is 2. The minimum Gasteiger partial charge on any atom is -0.481 e. The summed E-state index contributed by atoms with van der Waals surface area (Å²) in [6.07, 6.45) is 16.3. The number of halogens is 4. The van der Waals surface area contributed by atoms with Crippen LogP contribution in [0.1, 0.15) is 103 Å². The van der Waals surface area contributed by atoms with Gasteiger partial charge in [0.15, 0.2) is 31.3 Å². The molecule has 2 saturated heterocycles. The smallest absolute Gasteiger partial charge is 0.303 e. The van der Waals surface area contributed by atoms with E-state index in [1.807, 2.05) is 38.4 Å². The van der Waals surface area contributed by atoms with Gasteiger partial charge in [-0.2, -0.15) is 0 Å². The van der Waals surface area contributed by atoms with Crippen molar-refractivity contribution < 1.29 is 74.0 Å². The van der Waals surface area contributed by atoms with Gasteiger partial charge in [0, 0.05) is 123 Å². The molecule has 0 aliphatic carbocycles. The molecule has 2 fully saturated rings. The fraction of sp³-hybridized carbons (Fsp3) is 0.424. The Bertz CT molecular complexity index is 3930. The molecule has 0 unspecified atom stereocenters. The second kappa shape index (κ2) is 34.1. The van der Waals surface area contributed by atoms with E-state index in [2.05, 4.69) is 53.4 Å². The maximum atomic E-state index is 15.9. The van der Waals surface area contributed by atoms with E-state index >= 15 is 17.6 Å². The number of carboxylic acid groups (broad SMARTS) is 4. The lowest BCUT2D eigenvalue weighted by molar-refractivity contribution is -0.143. The number of benzene rings is 2. The lowest BCUT2D eigenvalue weighted by Crippen LogP contribution is -2.43. The number of piperidine rings is 2. The van der Waals surface area contributed by atoms with Crippen molar-refractivity contribution in [2.75, 3.05) is 74.7 Å². The van der Waals surface area contributed by atoms with E-state index < -0.39 is 78.3 Å². The monoisotopic (exact) mass is 1370 g/mol. The SMILES string of the molecule is CCCS(=O)(=O)Cc1ccc(F)c(-n2cc(-c3cncnc3)c3nc(N(C)C4CCN(CC)CC4)ccc32)c1F.CCCS(=O)(=O)Cc1ccc(F)c(-n2cc(-c3cncnc3)c3nc(N(C)C4CCN(CC)CC4)ccc32)c1F.O=C(O)CCC(=O)O.O=C(O)CCC(=O)O. The average Bonchev–Trinajstić information content (AvgIpc) is 1.60. The van der Waals surface area contributed by atoms with Crippen molar-refractivity contribution in [3.63, 3.8) is 0 Å². The second-order valence-corrected chi connectivity index (χ2v) is 27.6. The summed E-state index contributed by atoms with van der Waals surface area (Å²) >= 11 is 0. The zero-order valence-electron chi connectivity index (χ0n) is 54.3. The average molecular weight is 1370 g/mol. The zero-order chi connectivity index (χ0) is 70.0. The number of carbonyl (C=O) groups is 4. The highest BCUT2D eigenvalue weighted by molar-refractivity contribution is 7.90. The van der Waals surface area contributed by atoms with Crippen LogP contribution >= 0.6 is 0 Å². The topological polar surface area (TPSA) is 318 Å². The van der Waals surface area contributed by atoms with Gasteiger partial charge in [-0.1, -0.05) is 39.8 Å². The van der Waals surface area contributed by atoms with Gasteiger partial charge < -0.3 is 49.2 Å². The molecule has 0 bridgehead atoms. The number of rotatable bonds is 24. The van der Waals surface area contributed by atoms with Crippen molar-refractivity contribution in [2.45, 2.75) is 115 Å². The Hall–Kier alpha value is -9.00. The fourth-order valence-corrected chi connectivity index (χ4v) is 14.3. The Labute approximate surface area is 554 Å². The van der Waals surface area contributed by atoms with Crippen LogP contribution in [0, 0.1) is 23.3 Å². The molecule has 24 nitrogen and oxygen atoms in total. The maximum absolute atomic E-state index is 15.9. The molecule has 30 heteroatoms. The highest BCUT2D eigenvalue weighted by atomic mass is 32.2. The molecular weight excluding hydrogens is 1290 g/mol. The highest BCUT2D eigenvalue weighted by Gasteiger charge is 2.29. The van der Waals surface area contributed by atoms with Crippen molar-refractivity contribution in [1.29, 1.82) is 0 Å². The van der Waals surface area contributed by atoms with Crippen LogP contribution in [0.15, 0.2) is 98.4 Å². The van der Waals surface area contributed by atoms with Crippen LogP contribution in [-0.4, -0.2) is 187 Å². The van der Waals surface area contributed by atoms with E-state index in [-0.39, 0.29) is 59.7 Å². The number of aromatic nitrogens is 8. The molecule has 2 aromatic carbocycles. The van der Waals surface area contributed by atoms with Crippen LogP contribution in [0.3, 0.4) is 0 Å². The molecule has 2 aliphatic heterocycles. The predicted octanol–water partition coefficient (Wildman–Crippen LogP) is 9.88. The second-order valence-electron chi connectivity index (χ2n) is 23.2. The van der Waals surface area contributed by atoms with Gasteiger partial charge in [-0.05, 0) is 88.0 Å². The number of hydrogen-bond acceptors (Lipinski definition) is 18. The first-order valence-corrected chi connectivity index (χ1v) is 35.0. The van der Waals surface area contributed by atoms with Gasteiger partial charge in [0.05, 0.1) is 70.8 Å². The third kappa shape index (κ3) is 19.6. The first-order valence-electron chi connectivity index (χ1n) is 31.4. The number of fused-ring (bicyclic) bond motifs is 2. The van der Waals surface area contributed by atoms with Crippen molar-refractivity contribution in [2.24, 2.45) is 0 Å². The molecule has 8 aromatic rings. The quantitative estimate of drug-likeness (QED) is 0.0409. The number of likely N-dealkylation sites (tertiary alicyclic amines) is 2. The van der Waals surface area contributed by atoms with Crippen molar-refractivity contribution in [3.8, 4) is 33.6 Å². The number of carboxylic acids is 4. The zero-order valence-corrected chi connectivity index (χ0v) is 55.9. The van der Waals surface area contributed by atoms with Crippen molar-refractivity contribution >= 4 is 77.3 Å². The van der Waals surface area contributed by atoms with Crippen molar-refractivity contribution in [3.05, 3.63) is 133 Å². The Balaban J connectivity index is 0.000000221. The van der Waals surface area contributed by atoms with Crippen LogP contribution in [0.25, 0.3) is 55.7 Å². The number of sulfone groups is 2. The van der Waals surface area contributed by atoms with Gasteiger partial charge in [0.2, 0.25) is 0 Å². The van der Waals surface area contributed by atoms with E-state index in [4.69, 9.17) is 30.4 Å². The molecular formula is C66H80F4N12O12S2. The van der Waals surface area contributed by atoms with Crippen LogP contribution in [0.2, 0.25) is 0 Å². The molecule has 6 aromatic heterocycles. The van der Waals surface area contributed by atoms with Gasteiger partial charge in [0.1, 0.15) is 47.3 Å². The molecule has 10 rings (SSSR count). The van der Waals surface area contributed by atoms with E-state index in [0.29, 0.717) is 69.2 Å². The van der Waals surface area contributed by atoms with Gasteiger partial charge in [-0.25, -0.2) is 64.3 Å². The number of hydrogen-bond donors (Lipinski definition) is 4. The van der Waals surface area contributed by atoms with Gasteiger partial charge >= 0.3 is 23.9 Å². The summed E-state index contributed by atoms with van der Waals surface area (Å²) in [7, 11) is -3.02. The van der Waals surface area contributed by atoms with E-state index in [9.17, 15) is 36.0 Å². The summed E-state index contributed by atoms with van der Waals surface area (Å²) in [5.74, 6) is -7.32. The summed E-state index contributed by atoms with van der Waals surface area (Å²) in [5, 5.41) is 31.6. The summed E-state index contributed by atoms with van der Waals surface area (Å²) < 4.78 is 115. The first-order chi connectivity index (χ1) is 45.7. The van der Waals surface area contributed by atoms with Gasteiger partial charge in [-0.3, -0.25) is 19.2 Å². The number of anilines is 2. The highest BCUT2D eigenvalue weighted by Crippen LogP contribution is 2.38. The van der Waals surface area contributed by atoms with E-state index in [0.717, 1.165) is 88.7 Å². The summed E-state index contributed by atoms with van der Waals surface area (Å²) in [4.78, 5) is 74.2. The van der Waals surface area contributed by atoms with Crippen molar-refractivity contribution in [1.82, 2.24) is 48.8 Å². The molecule has 2 aliphatic rings.